The molecule has 10 nitrogen and oxygen atoms in total. The fourth-order valence-corrected chi connectivity index (χ4v) is 2.40. The van der Waals surface area contributed by atoms with Gasteiger partial charge in [0.05, 0.1) is 13.7 Å². The lowest BCUT2D eigenvalue weighted by Gasteiger charge is -2.24. The van der Waals surface area contributed by atoms with Crippen molar-refractivity contribution in [2.45, 2.75) is 25.1 Å². The second-order valence-electron chi connectivity index (χ2n) is 5.46. The number of esters is 1. The van der Waals surface area contributed by atoms with Gasteiger partial charge in [0.25, 0.3) is 5.66 Å². The summed E-state index contributed by atoms with van der Waals surface area (Å²) in [5.74, 6) is -2.93. The van der Waals surface area contributed by atoms with Crippen LogP contribution < -0.4 is 0 Å². The van der Waals surface area contributed by atoms with Crippen LogP contribution in [0.5, 0.6) is 0 Å². The summed E-state index contributed by atoms with van der Waals surface area (Å²) in [6, 6.07) is 9.45. The third-order valence-corrected chi connectivity index (χ3v) is 3.74. The van der Waals surface area contributed by atoms with E-state index in [1.54, 1.807) is 0 Å². The van der Waals surface area contributed by atoms with E-state index >= 15 is 0 Å². The van der Waals surface area contributed by atoms with E-state index in [9.17, 15) is 9.59 Å². The van der Waals surface area contributed by atoms with Crippen molar-refractivity contribution in [3.63, 3.8) is 0 Å². The zero-order chi connectivity index (χ0) is 20.1. The Bertz CT molecular complexity index is 736. The highest BCUT2D eigenvalue weighted by Gasteiger charge is 2.48. The number of rotatable bonds is 12. The topological polar surface area (TPSA) is 150 Å². The molecule has 142 valence electrons. The van der Waals surface area contributed by atoms with Crippen LogP contribution in [0.25, 0.3) is 20.9 Å². The highest BCUT2D eigenvalue weighted by atomic mass is 16.5. The molecule has 0 spiro atoms. The van der Waals surface area contributed by atoms with Crippen LogP contribution in [0.2, 0.25) is 0 Å². The zero-order valence-corrected chi connectivity index (χ0v) is 14.9. The molecular formula is C17H20N6O4. The lowest BCUT2D eigenvalue weighted by atomic mass is 9.88. The molecule has 0 saturated heterocycles. The molecule has 0 aliphatic carbocycles. The molecular weight excluding hydrogens is 352 g/mol. The summed E-state index contributed by atoms with van der Waals surface area (Å²) >= 11 is 0. The van der Waals surface area contributed by atoms with Gasteiger partial charge in [0.1, 0.15) is 0 Å². The quantitative estimate of drug-likeness (QED) is 0.104. The van der Waals surface area contributed by atoms with Gasteiger partial charge in [-0.3, -0.25) is 9.59 Å². The molecule has 0 aromatic heterocycles. The van der Waals surface area contributed by atoms with E-state index in [2.05, 4.69) is 31.4 Å². The Morgan fingerprint density at radius 3 is 2.41 bits per heavy atom. The van der Waals surface area contributed by atoms with Crippen LogP contribution in [0.4, 0.5) is 0 Å². The molecule has 0 amide bonds. The maximum atomic E-state index is 12.9. The maximum Gasteiger partial charge on any atom is 0.331 e. The van der Waals surface area contributed by atoms with Crippen molar-refractivity contribution in [1.29, 1.82) is 0 Å². The highest BCUT2D eigenvalue weighted by molar-refractivity contribution is 6.09. The molecule has 0 heterocycles. The minimum absolute atomic E-state index is 0.175. The molecule has 0 saturated carbocycles. The highest BCUT2D eigenvalue weighted by Crippen LogP contribution is 2.26. The molecule has 27 heavy (non-hydrogen) atoms. The van der Waals surface area contributed by atoms with Gasteiger partial charge in [-0.25, -0.2) is 0 Å². The van der Waals surface area contributed by atoms with Crippen LogP contribution in [0, 0.1) is 5.92 Å². The summed E-state index contributed by atoms with van der Waals surface area (Å²) in [6.45, 7) is 4.13. The van der Waals surface area contributed by atoms with Crippen LogP contribution in [-0.4, -0.2) is 31.1 Å². The number of carbonyl (C=O) groups is 2. The van der Waals surface area contributed by atoms with Gasteiger partial charge in [0.15, 0.2) is 5.78 Å². The first-order valence-corrected chi connectivity index (χ1v) is 8.03. The minimum atomic E-state index is -2.63. The fourth-order valence-electron chi connectivity index (χ4n) is 2.40. The van der Waals surface area contributed by atoms with Gasteiger partial charge < -0.3 is 9.47 Å². The lowest BCUT2D eigenvalue weighted by Crippen LogP contribution is -2.46. The van der Waals surface area contributed by atoms with Crippen LogP contribution >= 0.6 is 0 Å². The first-order chi connectivity index (χ1) is 13.1. The van der Waals surface area contributed by atoms with Crippen molar-refractivity contribution in [3.05, 3.63) is 69.4 Å². The van der Waals surface area contributed by atoms with Crippen molar-refractivity contribution in [1.82, 2.24) is 0 Å². The van der Waals surface area contributed by atoms with Crippen molar-refractivity contribution < 1.29 is 19.1 Å². The average molecular weight is 372 g/mol. The third kappa shape index (κ3) is 5.86. The minimum Gasteiger partial charge on any atom is -0.468 e. The summed E-state index contributed by atoms with van der Waals surface area (Å²) in [6.07, 6.45) is 1.86. The number of azide groups is 1. The number of hydrogen-bond donors (Lipinski definition) is 0. The van der Waals surface area contributed by atoms with Crippen molar-refractivity contribution in [2.24, 2.45) is 16.1 Å². The zero-order valence-electron chi connectivity index (χ0n) is 14.9. The molecule has 1 rings (SSSR count). The Morgan fingerprint density at radius 1 is 1.26 bits per heavy atom. The number of nitrogens with zero attached hydrogens (tertiary/aromatic N) is 6. The van der Waals surface area contributed by atoms with Crippen LogP contribution in [0.3, 0.4) is 0 Å². The summed E-state index contributed by atoms with van der Waals surface area (Å²) in [4.78, 5) is 29.9. The smallest absolute Gasteiger partial charge is 0.331 e. The Labute approximate surface area is 156 Å². The van der Waals surface area contributed by atoms with E-state index < -0.39 is 23.3 Å². The number of hydrogen-bond acceptors (Lipinski definition) is 6. The summed E-state index contributed by atoms with van der Waals surface area (Å²) in [5, 5.41) is 6.31. The first kappa shape index (κ1) is 21.7. The number of benzene rings is 1. The van der Waals surface area contributed by atoms with Gasteiger partial charge in [-0.15, -0.1) is 6.58 Å². The lowest BCUT2D eigenvalue weighted by molar-refractivity contribution is -0.152. The predicted molar refractivity (Wildman–Crippen MR) is 97.1 cm³/mol. The van der Waals surface area contributed by atoms with Crippen molar-refractivity contribution in [3.8, 4) is 0 Å². The molecule has 0 aliphatic heterocycles. The van der Waals surface area contributed by atoms with Gasteiger partial charge in [0.2, 0.25) is 0 Å². The van der Waals surface area contributed by atoms with E-state index in [4.69, 9.17) is 15.8 Å². The SMILES string of the molecule is C=CCC(CCOCc1ccccc1)C(=O)C(N=[N+]=[N-])(N=[N+]=[N-])C(=O)OC. The normalized spacial score (nSPS) is 13.2. The molecule has 0 fully saturated rings. The van der Waals surface area contributed by atoms with E-state index in [-0.39, 0.29) is 19.4 Å². The average Bonchev–Trinajstić information content (AvgIpc) is 2.69. The van der Waals surface area contributed by atoms with Gasteiger partial charge in [-0.1, -0.05) is 46.6 Å². The van der Waals surface area contributed by atoms with E-state index in [0.717, 1.165) is 12.7 Å². The van der Waals surface area contributed by atoms with Gasteiger partial charge in [0, 0.05) is 22.3 Å². The molecule has 10 heteroatoms. The van der Waals surface area contributed by atoms with Gasteiger partial charge in [-0.05, 0) is 29.5 Å². The van der Waals surface area contributed by atoms with Gasteiger partial charge in [-0.2, -0.15) is 0 Å². The predicted octanol–water partition coefficient (Wildman–Crippen LogP) is 3.84. The van der Waals surface area contributed by atoms with Crippen LogP contribution in [0.1, 0.15) is 18.4 Å². The van der Waals surface area contributed by atoms with Crippen LogP contribution in [0.15, 0.2) is 53.2 Å². The van der Waals surface area contributed by atoms with E-state index in [0.29, 0.717) is 6.61 Å². The molecule has 0 bridgehead atoms. The molecule has 0 aliphatic rings. The van der Waals surface area contributed by atoms with E-state index in [1.807, 2.05) is 30.3 Å². The Balaban J connectivity index is 2.92. The molecule has 1 aromatic rings. The molecule has 0 N–H and O–H groups in total. The first-order valence-electron chi connectivity index (χ1n) is 8.03. The standard InChI is InChI=1S/C17H20N6O4/c1-3-7-14(10-11-27-12-13-8-5-4-6-9-13)15(24)17(20-22-18,21-23-19)16(25)26-2/h3-6,8-9,14H,1,7,10-12H2,2H3. The molecule has 1 unspecified atom stereocenters. The second-order valence-corrected chi connectivity index (χ2v) is 5.46. The Morgan fingerprint density at radius 2 is 1.89 bits per heavy atom. The number of ketones is 1. The van der Waals surface area contributed by atoms with Gasteiger partial charge >= 0.3 is 5.97 Å². The summed E-state index contributed by atoms with van der Waals surface area (Å²) in [5.41, 5.74) is 15.8. The van der Waals surface area contributed by atoms with Crippen molar-refractivity contribution in [2.75, 3.05) is 13.7 Å². The third-order valence-electron chi connectivity index (χ3n) is 3.74. The number of Topliss-reactive ketones (excluding diaryl/α,β-unsaturated/α-hetero) is 1. The second kappa shape index (κ2) is 11.3. The largest absolute Gasteiger partial charge is 0.468 e. The molecule has 1 aromatic carbocycles. The number of allylic oxidation sites excluding steroid dienone is 1. The Hall–Kier alpha value is -3.32. The van der Waals surface area contributed by atoms with Crippen LogP contribution in [-0.2, 0) is 25.7 Å². The maximum absolute atomic E-state index is 12.9. The molecule has 1 atom stereocenters. The number of carbonyl (C=O) groups excluding carboxylic acids is 2. The molecule has 0 radical (unpaired) electrons. The Kier molecular flexibility index (Phi) is 9.11. The fraction of sp³-hybridized carbons (Fsp3) is 0.412. The summed E-state index contributed by atoms with van der Waals surface area (Å²) in [7, 11) is 0.996. The van der Waals surface area contributed by atoms with Crippen molar-refractivity contribution >= 4 is 11.8 Å². The van der Waals surface area contributed by atoms with E-state index in [1.165, 1.54) is 6.08 Å². The monoisotopic (exact) mass is 372 g/mol. The summed E-state index contributed by atoms with van der Waals surface area (Å²) < 4.78 is 10.1. The number of ether oxygens (including phenoxy) is 2. The number of methoxy groups -OCH3 is 1.